The van der Waals surface area contributed by atoms with Gasteiger partial charge < -0.3 is 9.47 Å². The molecule has 0 saturated heterocycles. The molecule has 2 aliphatic rings. The first-order chi connectivity index (χ1) is 26.8. The lowest BCUT2D eigenvalue weighted by Crippen LogP contribution is -1.97. The van der Waals surface area contributed by atoms with Crippen LogP contribution in [0.25, 0.3) is 98.7 Å². The first kappa shape index (κ1) is 29.4. The molecule has 250 valence electrons. The first-order valence-electron chi connectivity index (χ1n) is 18.5. The molecule has 0 aliphatic carbocycles. The van der Waals surface area contributed by atoms with E-state index in [1.54, 1.807) is 0 Å². The maximum Gasteiger partial charge on any atom is 0.135 e. The van der Waals surface area contributed by atoms with E-state index in [2.05, 4.69) is 170 Å². The zero-order valence-corrected chi connectivity index (χ0v) is 29.1. The molecule has 2 aliphatic heterocycles. The van der Waals surface area contributed by atoms with E-state index in [0.717, 1.165) is 45.1 Å². The molecule has 0 aromatic heterocycles. The van der Waals surface area contributed by atoms with Crippen LogP contribution in [-0.2, 0) is 0 Å². The summed E-state index contributed by atoms with van der Waals surface area (Å²) in [5, 5.41) is 9.62. The van der Waals surface area contributed by atoms with Gasteiger partial charge in [-0.3, -0.25) is 0 Å². The summed E-state index contributed by atoms with van der Waals surface area (Å²) in [6.45, 7) is 0. The van der Waals surface area contributed by atoms with Crippen molar-refractivity contribution < 1.29 is 9.47 Å². The Balaban J connectivity index is 1.00. The van der Waals surface area contributed by atoms with Crippen molar-refractivity contribution in [1.29, 1.82) is 0 Å². The Labute approximate surface area is 312 Å². The lowest BCUT2D eigenvalue weighted by molar-refractivity contribution is 0.487. The molecular formula is C52H30O2. The fraction of sp³-hybridized carbons (Fsp3) is 0. The van der Waals surface area contributed by atoms with Crippen LogP contribution in [0.1, 0.15) is 0 Å². The molecule has 0 unspecified atom stereocenters. The van der Waals surface area contributed by atoms with Crippen molar-refractivity contribution in [2.75, 3.05) is 0 Å². The number of rotatable bonds is 3. The molecule has 0 saturated carbocycles. The molecule has 0 bridgehead atoms. The summed E-state index contributed by atoms with van der Waals surface area (Å²) in [6, 6.07) is 65.6. The van der Waals surface area contributed by atoms with Crippen LogP contribution in [0.5, 0.6) is 23.0 Å². The zero-order valence-electron chi connectivity index (χ0n) is 29.1. The van der Waals surface area contributed by atoms with Crippen LogP contribution < -0.4 is 9.47 Å². The standard InChI is InChI=1S/C52H30O2/c1-2-13-35-34(12-1)33(32-24-25-43-45-19-5-10-31-11-6-23-48(51(31)45)54-50(43)30-32)26-27-40(35)38-17-7-16-37-36(38)15-8-18-39(37)41-28-29-49-52-44(41)20-9-21-46(52)42-14-3-4-22-47(42)53-49/h1-30H. The van der Waals surface area contributed by atoms with Crippen LogP contribution in [0.15, 0.2) is 182 Å². The zero-order chi connectivity index (χ0) is 35.3. The summed E-state index contributed by atoms with van der Waals surface area (Å²) < 4.78 is 13.0. The van der Waals surface area contributed by atoms with Gasteiger partial charge in [0.2, 0.25) is 0 Å². The Hall–Kier alpha value is -7.16. The quantitative estimate of drug-likeness (QED) is 0.184. The van der Waals surface area contributed by atoms with Gasteiger partial charge >= 0.3 is 0 Å². The van der Waals surface area contributed by atoms with Crippen molar-refractivity contribution in [3.63, 3.8) is 0 Å². The van der Waals surface area contributed by atoms with Gasteiger partial charge in [-0.15, -0.1) is 0 Å². The van der Waals surface area contributed by atoms with Gasteiger partial charge in [-0.25, -0.2) is 0 Å². The maximum atomic E-state index is 6.57. The molecule has 2 heterocycles. The molecule has 2 heteroatoms. The second-order valence-electron chi connectivity index (χ2n) is 14.3. The summed E-state index contributed by atoms with van der Waals surface area (Å²) in [5.41, 5.74) is 11.9. The predicted molar refractivity (Wildman–Crippen MR) is 224 cm³/mol. The Bertz CT molecular complexity index is 3220. The number of fused-ring (bicyclic) bond motifs is 6. The van der Waals surface area contributed by atoms with E-state index in [1.807, 2.05) is 12.1 Å². The van der Waals surface area contributed by atoms with Crippen LogP contribution in [0, 0.1) is 0 Å². The maximum absolute atomic E-state index is 6.57. The average molecular weight is 687 g/mol. The first-order valence-corrected chi connectivity index (χ1v) is 18.5. The van der Waals surface area contributed by atoms with Crippen molar-refractivity contribution in [2.24, 2.45) is 0 Å². The van der Waals surface area contributed by atoms with E-state index in [4.69, 9.17) is 9.47 Å². The Morgan fingerprint density at radius 3 is 1.48 bits per heavy atom. The van der Waals surface area contributed by atoms with Crippen molar-refractivity contribution in [2.45, 2.75) is 0 Å². The molecule has 10 aromatic rings. The largest absolute Gasteiger partial charge is 0.456 e. The minimum atomic E-state index is 0.892. The van der Waals surface area contributed by atoms with Crippen molar-refractivity contribution >= 4 is 43.1 Å². The van der Waals surface area contributed by atoms with Gasteiger partial charge in [-0.2, -0.15) is 0 Å². The van der Waals surface area contributed by atoms with Crippen LogP contribution in [0.4, 0.5) is 0 Å². The molecule has 0 amide bonds. The third-order valence-corrected chi connectivity index (χ3v) is 11.5. The van der Waals surface area contributed by atoms with E-state index in [9.17, 15) is 0 Å². The SMILES string of the molecule is c1ccc2c(c1)Oc1ccc(-c3cccc4c(-c5ccc(-c6ccc7c(c6)Oc6cccc8cccc-7c68)c6ccccc56)cccc34)c3cccc-2c13. The normalized spacial score (nSPS) is 12.4. The molecular weight excluding hydrogens is 657 g/mol. The van der Waals surface area contributed by atoms with Crippen molar-refractivity contribution in [1.82, 2.24) is 0 Å². The van der Waals surface area contributed by atoms with Crippen molar-refractivity contribution in [3.05, 3.63) is 182 Å². The Morgan fingerprint density at radius 2 is 0.685 bits per heavy atom. The second kappa shape index (κ2) is 11.2. The minimum absolute atomic E-state index is 0.892. The summed E-state index contributed by atoms with van der Waals surface area (Å²) >= 11 is 0. The average Bonchev–Trinajstić information content (AvgIpc) is 3.23. The van der Waals surface area contributed by atoms with Gasteiger partial charge in [0.25, 0.3) is 0 Å². The summed E-state index contributed by atoms with van der Waals surface area (Å²) in [5.74, 6) is 3.61. The number of hydrogen-bond acceptors (Lipinski definition) is 2. The van der Waals surface area contributed by atoms with E-state index in [0.29, 0.717) is 0 Å². The number of ether oxygens (including phenoxy) is 2. The summed E-state index contributed by atoms with van der Waals surface area (Å²) in [4.78, 5) is 0. The van der Waals surface area contributed by atoms with Crippen LogP contribution in [0.3, 0.4) is 0 Å². The van der Waals surface area contributed by atoms with Gasteiger partial charge in [0.05, 0.1) is 0 Å². The topological polar surface area (TPSA) is 18.5 Å². The highest BCUT2D eigenvalue weighted by Gasteiger charge is 2.23. The summed E-state index contributed by atoms with van der Waals surface area (Å²) in [6.07, 6.45) is 0. The fourth-order valence-corrected chi connectivity index (χ4v) is 9.11. The molecule has 0 radical (unpaired) electrons. The minimum Gasteiger partial charge on any atom is -0.456 e. The number of benzene rings is 10. The highest BCUT2D eigenvalue weighted by Crippen LogP contribution is 2.51. The van der Waals surface area contributed by atoms with Crippen molar-refractivity contribution in [3.8, 4) is 78.6 Å². The van der Waals surface area contributed by atoms with E-state index >= 15 is 0 Å². The van der Waals surface area contributed by atoms with Gasteiger partial charge in [0, 0.05) is 21.9 Å². The number of hydrogen-bond donors (Lipinski definition) is 0. The van der Waals surface area contributed by atoms with E-state index < -0.39 is 0 Å². The van der Waals surface area contributed by atoms with E-state index in [1.165, 1.54) is 76.6 Å². The molecule has 54 heavy (non-hydrogen) atoms. The van der Waals surface area contributed by atoms with Gasteiger partial charge in [-0.05, 0) is 107 Å². The molecule has 0 spiro atoms. The van der Waals surface area contributed by atoms with Gasteiger partial charge in [0.1, 0.15) is 23.0 Å². The molecule has 12 rings (SSSR count). The third-order valence-electron chi connectivity index (χ3n) is 11.5. The fourth-order valence-electron chi connectivity index (χ4n) is 9.11. The Morgan fingerprint density at radius 1 is 0.241 bits per heavy atom. The third kappa shape index (κ3) is 4.17. The summed E-state index contributed by atoms with van der Waals surface area (Å²) in [7, 11) is 0. The van der Waals surface area contributed by atoms with Crippen LogP contribution in [0.2, 0.25) is 0 Å². The lowest BCUT2D eigenvalue weighted by atomic mass is 9.86. The molecule has 2 nitrogen and oxygen atoms in total. The Kier molecular flexibility index (Phi) is 6.09. The van der Waals surface area contributed by atoms with E-state index in [-0.39, 0.29) is 0 Å². The van der Waals surface area contributed by atoms with Gasteiger partial charge in [-0.1, -0.05) is 152 Å². The van der Waals surface area contributed by atoms with Crippen LogP contribution in [-0.4, -0.2) is 0 Å². The molecule has 0 atom stereocenters. The molecule has 0 fully saturated rings. The number of para-hydroxylation sites is 1. The van der Waals surface area contributed by atoms with Crippen LogP contribution >= 0.6 is 0 Å². The smallest absolute Gasteiger partial charge is 0.135 e. The predicted octanol–water partition coefficient (Wildman–Crippen LogP) is 14.8. The second-order valence-corrected chi connectivity index (χ2v) is 14.3. The lowest BCUT2D eigenvalue weighted by Gasteiger charge is -2.23. The van der Waals surface area contributed by atoms with Gasteiger partial charge in [0.15, 0.2) is 0 Å². The highest BCUT2D eigenvalue weighted by atomic mass is 16.5. The highest BCUT2D eigenvalue weighted by molar-refractivity contribution is 6.16. The monoisotopic (exact) mass is 686 g/mol. The molecule has 0 N–H and O–H groups in total. The molecule has 10 aromatic carbocycles.